The fourth-order valence-corrected chi connectivity index (χ4v) is 3.05. The Labute approximate surface area is 128 Å². The van der Waals surface area contributed by atoms with E-state index < -0.39 is 10.0 Å². The summed E-state index contributed by atoms with van der Waals surface area (Å²) in [5.41, 5.74) is 0.973. The summed E-state index contributed by atoms with van der Waals surface area (Å²) in [5, 5.41) is 3.28. The molecule has 0 heterocycles. The van der Waals surface area contributed by atoms with Gasteiger partial charge in [0.1, 0.15) is 0 Å². The predicted octanol–water partition coefficient (Wildman–Crippen LogP) is 1.59. The van der Waals surface area contributed by atoms with Crippen LogP contribution in [-0.2, 0) is 10.0 Å². The molecule has 6 heteroatoms. The van der Waals surface area contributed by atoms with Gasteiger partial charge in [0.15, 0.2) is 0 Å². The van der Waals surface area contributed by atoms with E-state index in [0.717, 1.165) is 12.1 Å². The van der Waals surface area contributed by atoms with Crippen LogP contribution in [0.3, 0.4) is 0 Å². The fraction of sp³-hybridized carbons (Fsp3) is 0.600. The SMILES string of the molecule is CCNC(C)c1cccc(S(=O)(=O)NCC(C)N(C)C)c1. The lowest BCUT2D eigenvalue weighted by molar-refractivity contribution is 0.314. The molecule has 0 saturated heterocycles. The zero-order valence-electron chi connectivity index (χ0n) is 13.6. The summed E-state index contributed by atoms with van der Waals surface area (Å²) < 4.78 is 27.3. The van der Waals surface area contributed by atoms with Gasteiger partial charge < -0.3 is 10.2 Å². The summed E-state index contributed by atoms with van der Waals surface area (Å²) in [6.07, 6.45) is 0. The molecule has 2 unspecified atom stereocenters. The lowest BCUT2D eigenvalue weighted by atomic mass is 10.1. The second kappa shape index (κ2) is 7.89. The predicted molar refractivity (Wildman–Crippen MR) is 86.9 cm³/mol. The van der Waals surface area contributed by atoms with Gasteiger partial charge in [-0.3, -0.25) is 0 Å². The van der Waals surface area contributed by atoms with Gasteiger partial charge >= 0.3 is 0 Å². The molecule has 0 spiro atoms. The van der Waals surface area contributed by atoms with Crippen LogP contribution in [0.25, 0.3) is 0 Å². The summed E-state index contributed by atoms with van der Waals surface area (Å²) in [4.78, 5) is 2.29. The molecule has 0 radical (unpaired) electrons. The van der Waals surface area contributed by atoms with Gasteiger partial charge in [-0.1, -0.05) is 19.1 Å². The third-order valence-corrected chi connectivity index (χ3v) is 5.05. The molecule has 0 bridgehead atoms. The first kappa shape index (κ1) is 18.1. The van der Waals surface area contributed by atoms with E-state index in [0.29, 0.717) is 11.4 Å². The molecule has 0 aliphatic rings. The summed E-state index contributed by atoms with van der Waals surface area (Å²) in [7, 11) is 0.392. The highest BCUT2D eigenvalue weighted by atomic mass is 32.2. The van der Waals surface area contributed by atoms with Gasteiger partial charge in [-0.2, -0.15) is 0 Å². The maximum atomic E-state index is 12.3. The molecule has 0 aliphatic heterocycles. The van der Waals surface area contributed by atoms with Crippen molar-refractivity contribution in [3.63, 3.8) is 0 Å². The lowest BCUT2D eigenvalue weighted by Crippen LogP contribution is -2.38. The number of sulfonamides is 1. The molecule has 21 heavy (non-hydrogen) atoms. The highest BCUT2D eigenvalue weighted by molar-refractivity contribution is 7.89. The van der Waals surface area contributed by atoms with Gasteiger partial charge in [-0.05, 0) is 52.2 Å². The van der Waals surface area contributed by atoms with Crippen molar-refractivity contribution in [1.29, 1.82) is 0 Å². The number of likely N-dealkylation sites (N-methyl/N-ethyl adjacent to an activating group) is 1. The number of nitrogens with zero attached hydrogens (tertiary/aromatic N) is 1. The maximum absolute atomic E-state index is 12.3. The Hall–Kier alpha value is -0.950. The van der Waals surface area contributed by atoms with Crippen molar-refractivity contribution in [2.24, 2.45) is 0 Å². The molecule has 0 aliphatic carbocycles. The first-order chi connectivity index (χ1) is 9.77. The van der Waals surface area contributed by atoms with Crippen molar-refractivity contribution in [2.45, 2.75) is 37.8 Å². The Bertz CT molecular complexity index is 544. The van der Waals surface area contributed by atoms with Crippen LogP contribution in [0.2, 0.25) is 0 Å². The van der Waals surface area contributed by atoms with E-state index in [2.05, 4.69) is 10.0 Å². The molecule has 1 aromatic rings. The molecule has 1 aromatic carbocycles. The van der Waals surface area contributed by atoms with Crippen LogP contribution >= 0.6 is 0 Å². The smallest absolute Gasteiger partial charge is 0.240 e. The lowest BCUT2D eigenvalue weighted by Gasteiger charge is -2.20. The zero-order chi connectivity index (χ0) is 16.0. The summed E-state index contributed by atoms with van der Waals surface area (Å²) in [6, 6.07) is 7.36. The van der Waals surface area contributed by atoms with Crippen LogP contribution in [0.1, 0.15) is 32.4 Å². The van der Waals surface area contributed by atoms with E-state index in [4.69, 9.17) is 0 Å². The quantitative estimate of drug-likeness (QED) is 0.765. The number of nitrogens with one attached hydrogen (secondary N) is 2. The van der Waals surface area contributed by atoms with Crippen LogP contribution in [0.5, 0.6) is 0 Å². The van der Waals surface area contributed by atoms with Crippen molar-refractivity contribution in [3.8, 4) is 0 Å². The minimum atomic E-state index is -3.46. The average Bonchev–Trinajstić information content (AvgIpc) is 2.45. The molecule has 0 aromatic heterocycles. The molecule has 0 fully saturated rings. The van der Waals surface area contributed by atoms with E-state index in [9.17, 15) is 8.42 Å². The van der Waals surface area contributed by atoms with E-state index in [-0.39, 0.29) is 12.1 Å². The van der Waals surface area contributed by atoms with E-state index in [1.807, 2.05) is 45.8 Å². The molecule has 1 rings (SSSR count). The molecule has 2 N–H and O–H groups in total. The molecular weight excluding hydrogens is 286 g/mol. The van der Waals surface area contributed by atoms with Gasteiger partial charge in [0.25, 0.3) is 0 Å². The topological polar surface area (TPSA) is 61.4 Å². The standard InChI is InChI=1S/C15H27N3O2S/c1-6-16-13(3)14-8-7-9-15(10-14)21(19,20)17-11-12(2)18(4)5/h7-10,12-13,16-17H,6,11H2,1-5H3. The molecule has 0 amide bonds. The van der Waals surface area contributed by atoms with Crippen LogP contribution in [0, 0.1) is 0 Å². The summed E-state index contributed by atoms with van der Waals surface area (Å²) in [5.74, 6) is 0. The maximum Gasteiger partial charge on any atom is 0.240 e. The van der Waals surface area contributed by atoms with Crippen LogP contribution in [-0.4, -0.2) is 46.5 Å². The Balaban J connectivity index is 2.86. The van der Waals surface area contributed by atoms with Crippen LogP contribution in [0.4, 0.5) is 0 Å². The van der Waals surface area contributed by atoms with Crippen molar-refractivity contribution in [3.05, 3.63) is 29.8 Å². The number of hydrogen-bond donors (Lipinski definition) is 2. The molecule has 120 valence electrons. The number of hydrogen-bond acceptors (Lipinski definition) is 4. The zero-order valence-corrected chi connectivity index (χ0v) is 14.4. The Morgan fingerprint density at radius 3 is 2.48 bits per heavy atom. The van der Waals surface area contributed by atoms with Crippen molar-refractivity contribution in [2.75, 3.05) is 27.2 Å². The minimum absolute atomic E-state index is 0.130. The molecular formula is C15H27N3O2S. The van der Waals surface area contributed by atoms with Gasteiger partial charge in [0.2, 0.25) is 10.0 Å². The Morgan fingerprint density at radius 1 is 1.24 bits per heavy atom. The van der Waals surface area contributed by atoms with Crippen molar-refractivity contribution >= 4 is 10.0 Å². The Kier molecular flexibility index (Phi) is 6.80. The fourth-order valence-electron chi connectivity index (χ4n) is 1.87. The van der Waals surface area contributed by atoms with E-state index in [1.165, 1.54) is 0 Å². The monoisotopic (exact) mass is 313 g/mol. The second-order valence-corrected chi connectivity index (χ2v) is 7.28. The van der Waals surface area contributed by atoms with Gasteiger partial charge in [0.05, 0.1) is 4.90 Å². The first-order valence-corrected chi connectivity index (χ1v) is 8.75. The van der Waals surface area contributed by atoms with E-state index >= 15 is 0 Å². The minimum Gasteiger partial charge on any atom is -0.310 e. The number of benzene rings is 1. The van der Waals surface area contributed by atoms with Crippen molar-refractivity contribution < 1.29 is 8.42 Å². The largest absolute Gasteiger partial charge is 0.310 e. The second-order valence-electron chi connectivity index (χ2n) is 5.52. The molecule has 0 saturated carbocycles. The molecule has 5 nitrogen and oxygen atoms in total. The third-order valence-electron chi connectivity index (χ3n) is 3.63. The summed E-state index contributed by atoms with van der Waals surface area (Å²) >= 11 is 0. The van der Waals surface area contributed by atoms with Gasteiger partial charge in [0, 0.05) is 18.6 Å². The Morgan fingerprint density at radius 2 is 1.90 bits per heavy atom. The van der Waals surface area contributed by atoms with Crippen LogP contribution in [0.15, 0.2) is 29.2 Å². The highest BCUT2D eigenvalue weighted by Gasteiger charge is 2.17. The normalized spacial score (nSPS) is 15.1. The van der Waals surface area contributed by atoms with Gasteiger partial charge in [-0.25, -0.2) is 13.1 Å². The van der Waals surface area contributed by atoms with E-state index in [1.54, 1.807) is 18.2 Å². The van der Waals surface area contributed by atoms with Gasteiger partial charge in [-0.15, -0.1) is 0 Å². The number of rotatable bonds is 8. The third kappa shape index (κ3) is 5.39. The average molecular weight is 313 g/mol. The highest BCUT2D eigenvalue weighted by Crippen LogP contribution is 2.17. The molecule has 2 atom stereocenters. The first-order valence-electron chi connectivity index (χ1n) is 7.27. The summed E-state index contributed by atoms with van der Waals surface area (Å²) in [6.45, 7) is 7.27. The van der Waals surface area contributed by atoms with Crippen LogP contribution < -0.4 is 10.0 Å². The van der Waals surface area contributed by atoms with Crippen molar-refractivity contribution in [1.82, 2.24) is 14.9 Å².